The third-order valence-electron chi connectivity index (χ3n) is 3.40. The lowest BCUT2D eigenvalue weighted by atomic mass is 9.89. The molecule has 2 rings (SSSR count). The van der Waals surface area contributed by atoms with Crippen molar-refractivity contribution in [3.63, 3.8) is 0 Å². The van der Waals surface area contributed by atoms with E-state index in [1.807, 2.05) is 45.2 Å². The molecular formula is C15H21N3O. The lowest BCUT2D eigenvalue weighted by Crippen LogP contribution is -2.44. The van der Waals surface area contributed by atoms with Gasteiger partial charge in [-0.15, -0.1) is 0 Å². The van der Waals surface area contributed by atoms with Crippen molar-refractivity contribution >= 4 is 10.8 Å². The van der Waals surface area contributed by atoms with Crippen LogP contribution in [0.5, 0.6) is 0 Å². The summed E-state index contributed by atoms with van der Waals surface area (Å²) in [5.74, 6) is 5.77. The number of aromatic nitrogens is 1. The Balaban J connectivity index is 2.52. The molecule has 2 aromatic rings. The molecule has 1 aromatic carbocycles. The number of hydrazine groups is 1. The van der Waals surface area contributed by atoms with Crippen LogP contribution < -0.4 is 11.3 Å². The third kappa shape index (κ3) is 2.76. The molecule has 1 aromatic heterocycles. The summed E-state index contributed by atoms with van der Waals surface area (Å²) in [5.41, 5.74) is 3.63. The highest BCUT2D eigenvalue weighted by atomic mass is 16.5. The second kappa shape index (κ2) is 5.65. The van der Waals surface area contributed by atoms with Gasteiger partial charge >= 0.3 is 0 Å². The molecule has 0 radical (unpaired) electrons. The van der Waals surface area contributed by atoms with Crippen LogP contribution in [0.1, 0.15) is 32.4 Å². The lowest BCUT2D eigenvalue weighted by Gasteiger charge is -2.34. The molecule has 0 saturated heterocycles. The molecule has 0 aliphatic carbocycles. The summed E-state index contributed by atoms with van der Waals surface area (Å²) in [4.78, 5) is 4.15. The number of nitrogens with zero attached hydrogens (tertiary/aromatic N) is 1. The summed E-state index contributed by atoms with van der Waals surface area (Å²) in [5, 5.41) is 2.25. The van der Waals surface area contributed by atoms with E-state index in [9.17, 15) is 0 Å². The second-order valence-electron chi connectivity index (χ2n) is 5.08. The van der Waals surface area contributed by atoms with Gasteiger partial charge in [0.25, 0.3) is 0 Å². The van der Waals surface area contributed by atoms with Gasteiger partial charge < -0.3 is 4.74 Å². The van der Waals surface area contributed by atoms with Crippen LogP contribution in [0.15, 0.2) is 36.7 Å². The van der Waals surface area contributed by atoms with Crippen LogP contribution in [0.4, 0.5) is 0 Å². The van der Waals surface area contributed by atoms with E-state index in [4.69, 9.17) is 10.6 Å². The quantitative estimate of drug-likeness (QED) is 0.640. The summed E-state index contributed by atoms with van der Waals surface area (Å²) < 4.78 is 5.83. The fourth-order valence-corrected chi connectivity index (χ4v) is 2.52. The highest BCUT2D eigenvalue weighted by molar-refractivity contribution is 5.85. The second-order valence-corrected chi connectivity index (χ2v) is 5.08. The topological polar surface area (TPSA) is 60.2 Å². The molecule has 102 valence electrons. The zero-order valence-corrected chi connectivity index (χ0v) is 11.7. The first-order valence-electron chi connectivity index (χ1n) is 6.53. The van der Waals surface area contributed by atoms with Gasteiger partial charge in [0.15, 0.2) is 0 Å². The van der Waals surface area contributed by atoms with E-state index < -0.39 is 0 Å². The Hall–Kier alpha value is -1.49. The number of fused-ring (bicyclic) bond motifs is 1. The molecular weight excluding hydrogens is 238 g/mol. The van der Waals surface area contributed by atoms with Gasteiger partial charge in [-0.2, -0.15) is 0 Å². The van der Waals surface area contributed by atoms with Crippen LogP contribution >= 0.6 is 0 Å². The molecule has 1 atom stereocenters. The number of hydrogen-bond donors (Lipinski definition) is 2. The van der Waals surface area contributed by atoms with Gasteiger partial charge in [-0.3, -0.25) is 16.3 Å². The molecule has 4 heteroatoms. The van der Waals surface area contributed by atoms with E-state index in [0.717, 1.165) is 16.3 Å². The highest BCUT2D eigenvalue weighted by Crippen LogP contribution is 2.32. The Labute approximate surface area is 113 Å². The van der Waals surface area contributed by atoms with Crippen molar-refractivity contribution in [3.05, 3.63) is 42.2 Å². The number of nitrogens with two attached hydrogens (primary N) is 1. The van der Waals surface area contributed by atoms with Gasteiger partial charge in [-0.25, -0.2) is 0 Å². The number of pyridine rings is 1. The van der Waals surface area contributed by atoms with Gasteiger partial charge in [0, 0.05) is 24.4 Å². The largest absolute Gasteiger partial charge is 0.374 e. The van der Waals surface area contributed by atoms with Gasteiger partial charge in [0.05, 0.1) is 11.6 Å². The zero-order valence-electron chi connectivity index (χ0n) is 11.7. The molecule has 0 bridgehead atoms. The summed E-state index contributed by atoms with van der Waals surface area (Å²) in [6.07, 6.45) is 3.66. The SMILES string of the molecule is CCOC(C)(C)C(NN)c1cccc2cnccc12. The van der Waals surface area contributed by atoms with Gasteiger partial charge in [0.2, 0.25) is 0 Å². The molecule has 0 aliphatic rings. The number of hydrogen-bond acceptors (Lipinski definition) is 4. The molecule has 19 heavy (non-hydrogen) atoms. The molecule has 3 N–H and O–H groups in total. The van der Waals surface area contributed by atoms with E-state index in [0.29, 0.717) is 6.61 Å². The van der Waals surface area contributed by atoms with E-state index >= 15 is 0 Å². The van der Waals surface area contributed by atoms with Crippen molar-refractivity contribution in [3.8, 4) is 0 Å². The van der Waals surface area contributed by atoms with Crippen molar-refractivity contribution in [1.82, 2.24) is 10.4 Å². The third-order valence-corrected chi connectivity index (χ3v) is 3.40. The first kappa shape index (κ1) is 13.9. The van der Waals surface area contributed by atoms with Gasteiger partial charge in [-0.1, -0.05) is 18.2 Å². The molecule has 0 aliphatic heterocycles. The van der Waals surface area contributed by atoms with Crippen LogP contribution in [0.25, 0.3) is 10.8 Å². The van der Waals surface area contributed by atoms with E-state index in [1.54, 1.807) is 6.20 Å². The van der Waals surface area contributed by atoms with Crippen LogP contribution in [0.3, 0.4) is 0 Å². The summed E-state index contributed by atoms with van der Waals surface area (Å²) in [7, 11) is 0. The summed E-state index contributed by atoms with van der Waals surface area (Å²) >= 11 is 0. The highest BCUT2D eigenvalue weighted by Gasteiger charge is 2.31. The molecule has 0 saturated carbocycles. The monoisotopic (exact) mass is 259 g/mol. The Morgan fingerprint density at radius 2 is 2.16 bits per heavy atom. The number of nitrogens with one attached hydrogen (secondary N) is 1. The minimum atomic E-state index is -0.388. The normalized spacial score (nSPS) is 13.7. The van der Waals surface area contributed by atoms with Crippen LogP contribution in [-0.2, 0) is 4.74 Å². The molecule has 0 spiro atoms. The zero-order chi connectivity index (χ0) is 13.9. The average molecular weight is 259 g/mol. The van der Waals surface area contributed by atoms with Crippen molar-refractivity contribution in [2.45, 2.75) is 32.4 Å². The molecule has 0 fully saturated rings. The minimum Gasteiger partial charge on any atom is -0.374 e. The Morgan fingerprint density at radius 1 is 1.37 bits per heavy atom. The number of rotatable bonds is 5. The van der Waals surface area contributed by atoms with Crippen molar-refractivity contribution in [2.75, 3.05) is 6.61 Å². The maximum absolute atomic E-state index is 5.83. The number of benzene rings is 1. The van der Waals surface area contributed by atoms with Crippen LogP contribution in [0.2, 0.25) is 0 Å². The molecule has 4 nitrogen and oxygen atoms in total. The first-order chi connectivity index (χ1) is 9.10. The van der Waals surface area contributed by atoms with E-state index in [-0.39, 0.29) is 11.6 Å². The van der Waals surface area contributed by atoms with E-state index in [2.05, 4.69) is 16.5 Å². The Morgan fingerprint density at radius 3 is 2.84 bits per heavy atom. The Kier molecular flexibility index (Phi) is 4.14. The Bertz CT molecular complexity index is 549. The maximum Gasteiger partial charge on any atom is 0.0833 e. The fourth-order valence-electron chi connectivity index (χ4n) is 2.52. The standard InChI is InChI=1S/C15H21N3O/c1-4-19-15(2,3)14(18-16)13-7-5-6-11-10-17-9-8-12(11)13/h5-10,14,18H,4,16H2,1-3H3. The predicted molar refractivity (Wildman–Crippen MR) is 77.5 cm³/mol. The van der Waals surface area contributed by atoms with E-state index in [1.165, 1.54) is 0 Å². The number of ether oxygens (including phenoxy) is 1. The average Bonchev–Trinajstić information content (AvgIpc) is 2.39. The van der Waals surface area contributed by atoms with Crippen molar-refractivity contribution in [2.24, 2.45) is 5.84 Å². The van der Waals surface area contributed by atoms with Gasteiger partial charge in [-0.05, 0) is 37.8 Å². The smallest absolute Gasteiger partial charge is 0.0833 e. The fraction of sp³-hybridized carbons (Fsp3) is 0.400. The van der Waals surface area contributed by atoms with Crippen molar-refractivity contribution in [1.29, 1.82) is 0 Å². The van der Waals surface area contributed by atoms with Crippen LogP contribution in [0, 0.1) is 0 Å². The maximum atomic E-state index is 5.83. The van der Waals surface area contributed by atoms with Gasteiger partial charge in [0.1, 0.15) is 0 Å². The molecule has 0 amide bonds. The first-order valence-corrected chi connectivity index (χ1v) is 6.53. The predicted octanol–water partition coefficient (Wildman–Crippen LogP) is 2.55. The molecule has 1 heterocycles. The summed E-state index contributed by atoms with van der Waals surface area (Å²) in [6.45, 7) is 6.72. The summed E-state index contributed by atoms with van der Waals surface area (Å²) in [6, 6.07) is 8.07. The lowest BCUT2D eigenvalue weighted by molar-refractivity contribution is -0.0389. The van der Waals surface area contributed by atoms with Crippen molar-refractivity contribution < 1.29 is 4.74 Å². The van der Waals surface area contributed by atoms with Crippen LogP contribution in [-0.4, -0.2) is 17.2 Å². The minimum absolute atomic E-state index is 0.0847. The molecule has 1 unspecified atom stereocenters.